The summed E-state index contributed by atoms with van der Waals surface area (Å²) in [6, 6.07) is 14.3. The maximum absolute atomic E-state index is 12.4. The van der Waals surface area contributed by atoms with Crippen molar-refractivity contribution in [3.8, 4) is 0 Å². The molecule has 112 valence electrons. The Bertz CT molecular complexity index is 600. The van der Waals surface area contributed by atoms with Gasteiger partial charge in [0.25, 0.3) is 0 Å². The van der Waals surface area contributed by atoms with E-state index in [9.17, 15) is 4.79 Å². The van der Waals surface area contributed by atoms with Crippen molar-refractivity contribution in [2.45, 2.75) is 6.42 Å². The van der Waals surface area contributed by atoms with Crippen LogP contribution in [-0.2, 0) is 16.0 Å². The molecule has 0 aliphatic heterocycles. The Morgan fingerprint density at radius 3 is 2.62 bits per heavy atom. The molecule has 0 bridgehead atoms. The van der Waals surface area contributed by atoms with Crippen molar-refractivity contribution in [3.63, 3.8) is 0 Å². The number of nitrogens with zero attached hydrogens (tertiary/aromatic N) is 1. The van der Waals surface area contributed by atoms with Crippen LogP contribution in [0.5, 0.6) is 0 Å². The minimum atomic E-state index is 0.0861. The van der Waals surface area contributed by atoms with E-state index in [0.29, 0.717) is 32.0 Å². The standard InChI is InChI=1S/C17H20ClNO2/c1-21-11-10-19(9-8-18)17(20)13-14-6-7-15-4-2-3-5-16(15)12-14/h2-7,12H,8-11,13H2,1H3. The van der Waals surface area contributed by atoms with E-state index in [2.05, 4.69) is 24.3 Å². The second-order valence-corrected chi connectivity index (χ2v) is 5.30. The third-order valence-electron chi connectivity index (χ3n) is 3.44. The monoisotopic (exact) mass is 305 g/mol. The lowest BCUT2D eigenvalue weighted by Crippen LogP contribution is -2.36. The Morgan fingerprint density at radius 2 is 1.90 bits per heavy atom. The van der Waals surface area contributed by atoms with Gasteiger partial charge in [-0.25, -0.2) is 0 Å². The highest BCUT2D eigenvalue weighted by Crippen LogP contribution is 2.16. The van der Waals surface area contributed by atoms with Gasteiger partial charge in [-0.2, -0.15) is 0 Å². The Kier molecular flexibility index (Phi) is 6.03. The molecule has 4 heteroatoms. The van der Waals surface area contributed by atoms with E-state index in [1.165, 1.54) is 5.39 Å². The molecule has 0 aliphatic rings. The van der Waals surface area contributed by atoms with Crippen LogP contribution in [0.15, 0.2) is 42.5 Å². The second-order valence-electron chi connectivity index (χ2n) is 4.92. The van der Waals surface area contributed by atoms with Crippen LogP contribution in [0.4, 0.5) is 0 Å². The molecule has 0 aromatic heterocycles. The van der Waals surface area contributed by atoms with Gasteiger partial charge in [-0.15, -0.1) is 11.6 Å². The van der Waals surface area contributed by atoms with Crippen LogP contribution in [0, 0.1) is 0 Å². The average Bonchev–Trinajstić information content (AvgIpc) is 2.51. The van der Waals surface area contributed by atoms with Crippen molar-refractivity contribution in [1.29, 1.82) is 0 Å². The van der Waals surface area contributed by atoms with E-state index < -0.39 is 0 Å². The third-order valence-corrected chi connectivity index (χ3v) is 3.61. The maximum atomic E-state index is 12.4. The highest BCUT2D eigenvalue weighted by Gasteiger charge is 2.13. The first-order chi connectivity index (χ1) is 10.2. The summed E-state index contributed by atoms with van der Waals surface area (Å²) < 4.78 is 5.04. The predicted octanol–water partition coefficient (Wildman–Crippen LogP) is 3.10. The lowest BCUT2D eigenvalue weighted by Gasteiger charge is -2.21. The molecule has 0 N–H and O–H groups in total. The van der Waals surface area contributed by atoms with Crippen LogP contribution in [0.1, 0.15) is 5.56 Å². The second kappa shape index (κ2) is 8.01. The summed E-state index contributed by atoms with van der Waals surface area (Å²) in [5, 5.41) is 2.34. The summed E-state index contributed by atoms with van der Waals surface area (Å²) in [5.41, 5.74) is 1.02. The topological polar surface area (TPSA) is 29.5 Å². The van der Waals surface area contributed by atoms with E-state index in [0.717, 1.165) is 10.9 Å². The van der Waals surface area contributed by atoms with Gasteiger partial charge in [0.1, 0.15) is 0 Å². The molecular weight excluding hydrogens is 286 g/mol. The first kappa shape index (κ1) is 15.8. The van der Waals surface area contributed by atoms with Crippen LogP contribution >= 0.6 is 11.6 Å². The fourth-order valence-electron chi connectivity index (χ4n) is 2.30. The first-order valence-electron chi connectivity index (χ1n) is 7.05. The zero-order chi connectivity index (χ0) is 15.1. The number of methoxy groups -OCH3 is 1. The number of ether oxygens (including phenoxy) is 1. The van der Waals surface area contributed by atoms with Gasteiger partial charge in [0, 0.05) is 26.1 Å². The smallest absolute Gasteiger partial charge is 0.227 e. The zero-order valence-electron chi connectivity index (χ0n) is 12.2. The van der Waals surface area contributed by atoms with Crippen LogP contribution in [-0.4, -0.2) is 43.5 Å². The normalized spacial score (nSPS) is 10.8. The molecule has 0 atom stereocenters. The quantitative estimate of drug-likeness (QED) is 0.736. The van der Waals surface area contributed by atoms with Gasteiger partial charge in [0.15, 0.2) is 0 Å². The molecule has 3 nitrogen and oxygen atoms in total. The highest BCUT2D eigenvalue weighted by molar-refractivity contribution is 6.18. The molecule has 0 aliphatic carbocycles. The van der Waals surface area contributed by atoms with Crippen molar-refractivity contribution in [2.24, 2.45) is 0 Å². The minimum Gasteiger partial charge on any atom is -0.383 e. The summed E-state index contributed by atoms with van der Waals surface area (Å²) >= 11 is 5.77. The van der Waals surface area contributed by atoms with Crippen molar-refractivity contribution in [3.05, 3.63) is 48.0 Å². The summed E-state index contributed by atoms with van der Waals surface area (Å²) in [7, 11) is 1.63. The summed E-state index contributed by atoms with van der Waals surface area (Å²) in [6.45, 7) is 1.66. The average molecular weight is 306 g/mol. The maximum Gasteiger partial charge on any atom is 0.227 e. The first-order valence-corrected chi connectivity index (χ1v) is 7.58. The van der Waals surface area contributed by atoms with Crippen molar-refractivity contribution < 1.29 is 9.53 Å². The van der Waals surface area contributed by atoms with Crippen molar-refractivity contribution >= 4 is 28.3 Å². The number of benzene rings is 2. The molecule has 0 radical (unpaired) electrons. The number of hydrogen-bond donors (Lipinski definition) is 0. The van der Waals surface area contributed by atoms with E-state index >= 15 is 0 Å². The molecule has 0 saturated carbocycles. The Morgan fingerprint density at radius 1 is 1.14 bits per heavy atom. The molecule has 0 fully saturated rings. The number of hydrogen-bond acceptors (Lipinski definition) is 2. The number of alkyl halides is 1. The molecule has 2 rings (SSSR count). The molecule has 0 saturated heterocycles. The Balaban J connectivity index is 2.08. The molecule has 0 unspecified atom stereocenters. The zero-order valence-corrected chi connectivity index (χ0v) is 13.0. The number of amides is 1. The number of halogens is 1. The number of rotatable bonds is 7. The predicted molar refractivity (Wildman–Crippen MR) is 86.8 cm³/mol. The van der Waals surface area contributed by atoms with Gasteiger partial charge in [0.2, 0.25) is 5.91 Å². The SMILES string of the molecule is COCCN(CCCl)C(=O)Cc1ccc2ccccc2c1. The number of fused-ring (bicyclic) bond motifs is 1. The van der Waals surface area contributed by atoms with Crippen LogP contribution in [0.25, 0.3) is 10.8 Å². The van der Waals surface area contributed by atoms with Crippen LogP contribution in [0.2, 0.25) is 0 Å². The van der Waals surface area contributed by atoms with Gasteiger partial charge in [-0.3, -0.25) is 4.79 Å². The molecule has 0 spiro atoms. The van der Waals surface area contributed by atoms with Gasteiger partial charge in [-0.1, -0.05) is 42.5 Å². The fourth-order valence-corrected chi connectivity index (χ4v) is 2.50. The summed E-state index contributed by atoms with van der Waals surface area (Å²) in [6.07, 6.45) is 0.394. The molecule has 0 heterocycles. The number of carbonyl (C=O) groups is 1. The van der Waals surface area contributed by atoms with Crippen molar-refractivity contribution in [2.75, 3.05) is 32.7 Å². The molecule has 2 aromatic carbocycles. The molecular formula is C17H20ClNO2. The van der Waals surface area contributed by atoms with E-state index in [1.807, 2.05) is 18.2 Å². The third kappa shape index (κ3) is 4.45. The van der Waals surface area contributed by atoms with Gasteiger partial charge in [-0.05, 0) is 16.3 Å². The summed E-state index contributed by atoms with van der Waals surface area (Å²) in [5.74, 6) is 0.524. The number of carbonyl (C=O) groups excluding carboxylic acids is 1. The highest BCUT2D eigenvalue weighted by atomic mass is 35.5. The largest absolute Gasteiger partial charge is 0.383 e. The van der Waals surface area contributed by atoms with Crippen LogP contribution < -0.4 is 0 Å². The fraction of sp³-hybridized carbons (Fsp3) is 0.353. The molecule has 21 heavy (non-hydrogen) atoms. The molecule has 2 aromatic rings. The lowest BCUT2D eigenvalue weighted by molar-refractivity contribution is -0.130. The van der Waals surface area contributed by atoms with E-state index in [-0.39, 0.29) is 5.91 Å². The van der Waals surface area contributed by atoms with Gasteiger partial charge >= 0.3 is 0 Å². The van der Waals surface area contributed by atoms with Crippen molar-refractivity contribution in [1.82, 2.24) is 4.90 Å². The van der Waals surface area contributed by atoms with E-state index in [1.54, 1.807) is 12.0 Å². The Labute approximate surface area is 130 Å². The van der Waals surface area contributed by atoms with Gasteiger partial charge in [0.05, 0.1) is 13.0 Å². The van der Waals surface area contributed by atoms with Gasteiger partial charge < -0.3 is 9.64 Å². The van der Waals surface area contributed by atoms with E-state index in [4.69, 9.17) is 16.3 Å². The minimum absolute atomic E-state index is 0.0861. The molecule has 1 amide bonds. The van der Waals surface area contributed by atoms with Crippen LogP contribution in [0.3, 0.4) is 0 Å². The summed E-state index contributed by atoms with van der Waals surface area (Å²) in [4.78, 5) is 14.1. The lowest BCUT2D eigenvalue weighted by atomic mass is 10.0. The Hall–Kier alpha value is -1.58.